The first-order valence-corrected chi connectivity index (χ1v) is 16.0. The monoisotopic (exact) mass is 659 g/mol. The van der Waals surface area contributed by atoms with E-state index in [0.29, 0.717) is 24.0 Å². The summed E-state index contributed by atoms with van der Waals surface area (Å²) in [6.45, 7) is 1.53. The summed E-state index contributed by atoms with van der Waals surface area (Å²) in [7, 11) is 1.15. The van der Waals surface area contributed by atoms with Gasteiger partial charge in [-0.15, -0.1) is 0 Å². The van der Waals surface area contributed by atoms with E-state index in [4.69, 9.17) is 0 Å². The molecule has 1 aliphatic heterocycles. The van der Waals surface area contributed by atoms with Crippen molar-refractivity contribution in [3.63, 3.8) is 0 Å². The highest BCUT2D eigenvalue weighted by Crippen LogP contribution is 2.46. The molecule has 10 heteroatoms. The number of rotatable bonds is 14. The SMILES string of the molecule is COC(O)[C@H](O)[C@@H](O)[C@H](O)C(C)[C@H](O)c1cccc(-c2ccc([C@@H]3[C@@H](CC[C@H](O)c4ccc(F)cc4)C(=O)N3c3ccccc3)cc2)c1. The fourth-order valence-electron chi connectivity index (χ4n) is 6.36. The summed E-state index contributed by atoms with van der Waals surface area (Å²) in [5.74, 6) is -1.69. The second kappa shape index (κ2) is 15.5. The van der Waals surface area contributed by atoms with Crippen LogP contribution in [0.1, 0.15) is 54.7 Å². The van der Waals surface area contributed by atoms with Crippen LogP contribution in [0.15, 0.2) is 103 Å². The van der Waals surface area contributed by atoms with Crippen molar-refractivity contribution in [1.29, 1.82) is 0 Å². The number of hydrogen-bond donors (Lipinski definition) is 6. The van der Waals surface area contributed by atoms with Crippen LogP contribution in [0.4, 0.5) is 10.1 Å². The molecule has 9 atom stereocenters. The fraction of sp³-hybridized carbons (Fsp3) is 0.342. The number of methoxy groups -OCH3 is 1. The normalized spacial score (nSPS) is 20.7. The van der Waals surface area contributed by atoms with Gasteiger partial charge in [-0.2, -0.15) is 0 Å². The average molecular weight is 660 g/mol. The van der Waals surface area contributed by atoms with Gasteiger partial charge < -0.3 is 40.3 Å². The number of hydrogen-bond acceptors (Lipinski definition) is 8. The van der Waals surface area contributed by atoms with E-state index in [1.54, 1.807) is 35.2 Å². The van der Waals surface area contributed by atoms with Gasteiger partial charge in [0.25, 0.3) is 0 Å². The summed E-state index contributed by atoms with van der Waals surface area (Å²) < 4.78 is 18.0. The number of ether oxygens (including phenoxy) is 1. The van der Waals surface area contributed by atoms with Crippen LogP contribution in [0.25, 0.3) is 11.1 Å². The van der Waals surface area contributed by atoms with Gasteiger partial charge in [0.2, 0.25) is 5.91 Å². The van der Waals surface area contributed by atoms with Crippen molar-refractivity contribution >= 4 is 11.6 Å². The number of nitrogens with zero attached hydrogens (tertiary/aromatic N) is 1. The molecule has 1 saturated heterocycles. The van der Waals surface area contributed by atoms with Crippen LogP contribution in [0.3, 0.4) is 0 Å². The van der Waals surface area contributed by atoms with Crippen molar-refractivity contribution in [1.82, 2.24) is 0 Å². The highest BCUT2D eigenvalue weighted by molar-refractivity contribution is 6.03. The minimum absolute atomic E-state index is 0.0334. The molecular formula is C38H42FNO8. The van der Waals surface area contributed by atoms with Crippen molar-refractivity contribution in [3.8, 4) is 11.1 Å². The van der Waals surface area contributed by atoms with Gasteiger partial charge in [0.1, 0.15) is 18.0 Å². The predicted molar refractivity (Wildman–Crippen MR) is 178 cm³/mol. The third-order valence-electron chi connectivity index (χ3n) is 9.34. The lowest BCUT2D eigenvalue weighted by Gasteiger charge is -2.48. The van der Waals surface area contributed by atoms with E-state index in [0.717, 1.165) is 29.5 Å². The Hall–Kier alpha value is -4.00. The Labute approximate surface area is 279 Å². The number of aliphatic hydroxyl groups is 6. The summed E-state index contributed by atoms with van der Waals surface area (Å²) >= 11 is 0. The average Bonchev–Trinajstić information content (AvgIpc) is 3.12. The topological polar surface area (TPSA) is 151 Å². The maximum Gasteiger partial charge on any atom is 0.233 e. The first kappa shape index (κ1) is 35.3. The highest BCUT2D eigenvalue weighted by atomic mass is 19.1. The number of benzene rings is 4. The van der Waals surface area contributed by atoms with Gasteiger partial charge >= 0.3 is 0 Å². The number of β-lactam (4-membered cyclic amide) rings is 1. The van der Waals surface area contributed by atoms with E-state index >= 15 is 0 Å². The van der Waals surface area contributed by atoms with Gasteiger partial charge in [-0.3, -0.25) is 4.79 Å². The third-order valence-corrected chi connectivity index (χ3v) is 9.34. The zero-order chi connectivity index (χ0) is 34.5. The Bertz CT molecular complexity index is 1640. The molecule has 1 aliphatic rings. The fourth-order valence-corrected chi connectivity index (χ4v) is 6.36. The minimum atomic E-state index is -1.77. The summed E-state index contributed by atoms with van der Waals surface area (Å²) in [5.41, 5.74) is 4.41. The molecule has 2 unspecified atom stereocenters. The number of halogens is 1. The summed E-state index contributed by atoms with van der Waals surface area (Å²) in [6, 6.07) is 29.8. The molecule has 0 aliphatic carbocycles. The first-order chi connectivity index (χ1) is 23.0. The molecule has 0 bridgehead atoms. The Kier molecular flexibility index (Phi) is 11.4. The zero-order valence-electron chi connectivity index (χ0n) is 26.8. The number of amides is 1. The minimum Gasteiger partial charge on any atom is -0.390 e. The van der Waals surface area contributed by atoms with Crippen molar-refractivity contribution in [2.75, 3.05) is 12.0 Å². The number of anilines is 1. The lowest BCUT2D eigenvalue weighted by molar-refractivity contribution is -0.198. The molecule has 5 rings (SSSR count). The third kappa shape index (κ3) is 7.50. The highest BCUT2D eigenvalue weighted by Gasteiger charge is 2.48. The van der Waals surface area contributed by atoms with Crippen LogP contribution >= 0.6 is 0 Å². The molecule has 0 aromatic heterocycles. The van der Waals surface area contributed by atoms with E-state index in [-0.39, 0.29) is 23.7 Å². The number of carbonyl (C=O) groups is 1. The van der Waals surface area contributed by atoms with Crippen molar-refractivity contribution in [2.45, 2.75) is 62.6 Å². The second-order valence-corrected chi connectivity index (χ2v) is 12.4. The molecule has 1 heterocycles. The van der Waals surface area contributed by atoms with E-state index in [9.17, 15) is 39.8 Å². The van der Waals surface area contributed by atoms with Crippen LogP contribution in [0.2, 0.25) is 0 Å². The molecule has 254 valence electrons. The molecule has 0 spiro atoms. The maximum atomic E-state index is 13.5. The van der Waals surface area contributed by atoms with Gasteiger partial charge in [0.15, 0.2) is 6.29 Å². The molecular weight excluding hydrogens is 617 g/mol. The van der Waals surface area contributed by atoms with Crippen molar-refractivity contribution < 1.29 is 44.6 Å². The number of carbonyl (C=O) groups excluding carboxylic acids is 1. The Morgan fingerprint density at radius 1 is 0.750 bits per heavy atom. The molecule has 4 aromatic carbocycles. The molecule has 4 aromatic rings. The first-order valence-electron chi connectivity index (χ1n) is 16.0. The quantitative estimate of drug-likeness (QED) is 0.0860. The van der Waals surface area contributed by atoms with Crippen LogP contribution < -0.4 is 4.90 Å². The van der Waals surface area contributed by atoms with Gasteiger partial charge in [-0.1, -0.05) is 79.7 Å². The van der Waals surface area contributed by atoms with E-state index < -0.39 is 42.7 Å². The molecule has 0 radical (unpaired) electrons. The number of para-hydroxylation sites is 1. The Morgan fingerprint density at radius 2 is 1.42 bits per heavy atom. The Balaban J connectivity index is 1.33. The standard InChI is InChI=1S/C38H42FNO8/c1-22(34(43)35(44)36(45)38(47)48-2)33(42)27-8-6-7-26(21-27)23-11-13-25(14-12-23)32-30(37(46)40(32)29-9-4-3-5-10-29)19-20-31(41)24-15-17-28(39)18-16-24/h3-18,21-22,30-36,38,41-45,47H,19-20H2,1-2H3/t22?,30-,31+,32-,33+,34-,35+,36-,38?/m1/s1. The smallest absolute Gasteiger partial charge is 0.233 e. The molecule has 6 N–H and O–H groups in total. The van der Waals surface area contributed by atoms with Gasteiger partial charge in [0, 0.05) is 18.7 Å². The molecule has 1 amide bonds. The van der Waals surface area contributed by atoms with Gasteiger partial charge in [0.05, 0.1) is 30.3 Å². The lowest BCUT2D eigenvalue weighted by atomic mass is 9.78. The van der Waals surface area contributed by atoms with Crippen molar-refractivity contribution in [3.05, 3.63) is 126 Å². The maximum absolute atomic E-state index is 13.5. The van der Waals surface area contributed by atoms with E-state index in [2.05, 4.69) is 4.74 Å². The molecule has 9 nitrogen and oxygen atoms in total. The van der Waals surface area contributed by atoms with Gasteiger partial charge in [-0.25, -0.2) is 4.39 Å². The van der Waals surface area contributed by atoms with Gasteiger partial charge in [-0.05, 0) is 71.0 Å². The van der Waals surface area contributed by atoms with Crippen LogP contribution in [-0.4, -0.2) is 68.3 Å². The second-order valence-electron chi connectivity index (χ2n) is 12.4. The largest absolute Gasteiger partial charge is 0.390 e. The summed E-state index contributed by atoms with van der Waals surface area (Å²) in [4.78, 5) is 15.2. The van der Waals surface area contributed by atoms with Crippen LogP contribution in [0.5, 0.6) is 0 Å². The molecule has 1 fully saturated rings. The number of aliphatic hydroxyl groups excluding tert-OH is 6. The lowest BCUT2D eigenvalue weighted by Crippen LogP contribution is -2.55. The predicted octanol–water partition coefficient (Wildman–Crippen LogP) is 4.43. The summed E-state index contributed by atoms with van der Waals surface area (Å²) in [5, 5.41) is 62.5. The Morgan fingerprint density at radius 3 is 2.06 bits per heavy atom. The molecule has 0 saturated carbocycles. The summed E-state index contributed by atoms with van der Waals surface area (Å²) in [6.07, 6.45) is -8.05. The van der Waals surface area contributed by atoms with Crippen molar-refractivity contribution in [2.24, 2.45) is 11.8 Å². The zero-order valence-corrected chi connectivity index (χ0v) is 26.8. The van der Waals surface area contributed by atoms with E-state index in [1.165, 1.54) is 19.1 Å². The van der Waals surface area contributed by atoms with E-state index in [1.807, 2.05) is 60.7 Å². The van der Waals surface area contributed by atoms with Crippen LogP contribution in [0, 0.1) is 17.7 Å². The molecule has 48 heavy (non-hydrogen) atoms. The van der Waals surface area contributed by atoms with Crippen LogP contribution in [-0.2, 0) is 9.53 Å².